The number of aromatic nitrogens is 2. The van der Waals surface area contributed by atoms with Crippen molar-refractivity contribution in [2.75, 3.05) is 6.54 Å². The van der Waals surface area contributed by atoms with Gasteiger partial charge in [-0.15, -0.1) is 21.5 Å². The molecule has 6 heteroatoms. The molecular weight excluding hydrogens is 262 g/mol. The van der Waals surface area contributed by atoms with Gasteiger partial charge in [-0.2, -0.15) is 0 Å². The number of hydrogen-bond donors (Lipinski definition) is 0. The molecule has 0 unspecified atom stereocenters. The average Bonchev–Trinajstić information content (AvgIpc) is 2.87. The van der Waals surface area contributed by atoms with E-state index in [2.05, 4.69) is 26.5 Å². The molecule has 0 atom stereocenters. The number of hydrogen-bond acceptors (Lipinski definition) is 5. The van der Waals surface area contributed by atoms with Gasteiger partial charge in [0.25, 0.3) is 0 Å². The molecule has 0 saturated carbocycles. The van der Waals surface area contributed by atoms with Crippen LogP contribution in [0.5, 0.6) is 0 Å². The second kappa shape index (κ2) is 4.41. The first kappa shape index (κ1) is 10.7. The molecule has 0 spiro atoms. The lowest BCUT2D eigenvalue weighted by Crippen LogP contribution is -2.29. The van der Waals surface area contributed by atoms with Gasteiger partial charge in [-0.3, -0.25) is 4.90 Å². The van der Waals surface area contributed by atoms with Crippen LogP contribution in [0.3, 0.4) is 0 Å². The van der Waals surface area contributed by atoms with Gasteiger partial charge in [0.15, 0.2) is 0 Å². The summed E-state index contributed by atoms with van der Waals surface area (Å²) >= 11 is 9.10. The normalized spacial score (nSPS) is 16.3. The number of thiophene rings is 1. The number of fused-ring (bicyclic) bond motifs is 1. The zero-order chi connectivity index (χ0) is 11.0. The zero-order valence-electron chi connectivity index (χ0n) is 8.52. The quantitative estimate of drug-likeness (QED) is 0.841. The van der Waals surface area contributed by atoms with Crippen LogP contribution in [0.25, 0.3) is 0 Å². The lowest BCUT2D eigenvalue weighted by Gasteiger charge is -2.25. The van der Waals surface area contributed by atoms with E-state index in [1.165, 1.54) is 21.8 Å². The third-order valence-corrected chi connectivity index (χ3v) is 4.71. The summed E-state index contributed by atoms with van der Waals surface area (Å²) in [6.07, 6.45) is 1.15. The highest BCUT2D eigenvalue weighted by Crippen LogP contribution is 2.25. The Labute approximate surface area is 107 Å². The Morgan fingerprint density at radius 3 is 3.19 bits per heavy atom. The Morgan fingerprint density at radius 2 is 2.38 bits per heavy atom. The SMILES string of the molecule is Clc1nnc(CN2CCc3sccc3C2)s1. The number of rotatable bonds is 2. The Kier molecular flexibility index (Phi) is 2.93. The highest BCUT2D eigenvalue weighted by molar-refractivity contribution is 7.15. The maximum absolute atomic E-state index is 5.77. The predicted molar refractivity (Wildman–Crippen MR) is 67.1 cm³/mol. The Bertz CT molecular complexity index is 494. The smallest absolute Gasteiger partial charge is 0.207 e. The van der Waals surface area contributed by atoms with Crippen molar-refractivity contribution >= 4 is 34.3 Å². The first-order chi connectivity index (χ1) is 7.81. The topological polar surface area (TPSA) is 29.0 Å². The molecular formula is C10H10ClN3S2. The summed E-state index contributed by atoms with van der Waals surface area (Å²) in [5, 5.41) is 11.1. The van der Waals surface area contributed by atoms with E-state index in [9.17, 15) is 0 Å². The van der Waals surface area contributed by atoms with E-state index < -0.39 is 0 Å². The minimum atomic E-state index is 0.531. The van der Waals surface area contributed by atoms with Crippen LogP contribution in [0.4, 0.5) is 0 Å². The molecule has 0 N–H and O–H groups in total. The monoisotopic (exact) mass is 271 g/mol. The maximum atomic E-state index is 5.77. The molecule has 3 nitrogen and oxygen atoms in total. The summed E-state index contributed by atoms with van der Waals surface area (Å²) in [6, 6.07) is 2.22. The molecule has 0 fully saturated rings. The van der Waals surface area contributed by atoms with Gasteiger partial charge in [0.05, 0.1) is 6.54 Å². The Balaban J connectivity index is 1.70. The van der Waals surface area contributed by atoms with E-state index in [1.54, 1.807) is 0 Å². The van der Waals surface area contributed by atoms with Crippen molar-refractivity contribution in [3.8, 4) is 0 Å². The fraction of sp³-hybridized carbons (Fsp3) is 0.400. The van der Waals surface area contributed by atoms with E-state index in [1.807, 2.05) is 11.3 Å². The van der Waals surface area contributed by atoms with Gasteiger partial charge >= 0.3 is 0 Å². The van der Waals surface area contributed by atoms with Crippen molar-refractivity contribution in [1.82, 2.24) is 15.1 Å². The molecule has 3 heterocycles. The molecule has 0 saturated heterocycles. The van der Waals surface area contributed by atoms with Gasteiger partial charge in [-0.25, -0.2) is 0 Å². The highest BCUT2D eigenvalue weighted by atomic mass is 35.5. The molecule has 0 amide bonds. The molecule has 0 aromatic carbocycles. The van der Waals surface area contributed by atoms with Crippen molar-refractivity contribution in [2.45, 2.75) is 19.5 Å². The van der Waals surface area contributed by atoms with Crippen LogP contribution in [0.2, 0.25) is 4.47 Å². The summed E-state index contributed by atoms with van der Waals surface area (Å²) in [6.45, 7) is 2.99. The summed E-state index contributed by atoms with van der Waals surface area (Å²) in [4.78, 5) is 3.93. The minimum absolute atomic E-state index is 0.531. The molecule has 3 rings (SSSR count). The van der Waals surface area contributed by atoms with Crippen molar-refractivity contribution in [3.63, 3.8) is 0 Å². The Morgan fingerprint density at radius 1 is 1.44 bits per heavy atom. The summed E-state index contributed by atoms with van der Waals surface area (Å²) < 4.78 is 0.531. The van der Waals surface area contributed by atoms with Gasteiger partial charge in [-0.05, 0) is 35.0 Å². The van der Waals surface area contributed by atoms with Crippen LogP contribution < -0.4 is 0 Å². The molecule has 2 aromatic rings. The van der Waals surface area contributed by atoms with Crippen molar-refractivity contribution < 1.29 is 0 Å². The first-order valence-corrected chi connectivity index (χ1v) is 7.14. The fourth-order valence-corrected chi connectivity index (χ4v) is 3.73. The van der Waals surface area contributed by atoms with Gasteiger partial charge in [0.1, 0.15) is 5.01 Å². The van der Waals surface area contributed by atoms with Gasteiger partial charge in [0.2, 0.25) is 4.47 Å². The molecule has 0 radical (unpaired) electrons. The lowest BCUT2D eigenvalue weighted by molar-refractivity contribution is 0.246. The minimum Gasteiger partial charge on any atom is -0.292 e. The fourth-order valence-electron chi connectivity index (χ4n) is 1.93. The second-order valence-corrected chi connectivity index (χ2v) is 6.42. The van der Waals surface area contributed by atoms with Crippen molar-refractivity contribution in [2.24, 2.45) is 0 Å². The van der Waals surface area contributed by atoms with Crippen LogP contribution >= 0.6 is 34.3 Å². The lowest BCUT2D eigenvalue weighted by atomic mass is 10.1. The third-order valence-electron chi connectivity index (χ3n) is 2.69. The molecule has 1 aliphatic rings. The predicted octanol–water partition coefficient (Wildman–Crippen LogP) is 2.81. The summed E-state index contributed by atoms with van der Waals surface area (Å²) in [5.41, 5.74) is 1.46. The average molecular weight is 272 g/mol. The molecule has 16 heavy (non-hydrogen) atoms. The van der Waals surface area contributed by atoms with Crippen molar-refractivity contribution in [3.05, 3.63) is 31.4 Å². The Hall–Kier alpha value is -0.490. The number of halogens is 1. The van der Waals surface area contributed by atoms with Crippen LogP contribution in [0.1, 0.15) is 15.4 Å². The maximum Gasteiger partial charge on any atom is 0.207 e. The molecule has 0 bridgehead atoms. The number of nitrogens with zero attached hydrogens (tertiary/aromatic N) is 3. The highest BCUT2D eigenvalue weighted by Gasteiger charge is 2.18. The largest absolute Gasteiger partial charge is 0.292 e. The van der Waals surface area contributed by atoms with E-state index in [-0.39, 0.29) is 0 Å². The molecule has 84 valence electrons. The van der Waals surface area contributed by atoms with E-state index in [0.717, 1.165) is 31.1 Å². The van der Waals surface area contributed by atoms with E-state index in [4.69, 9.17) is 11.6 Å². The first-order valence-electron chi connectivity index (χ1n) is 5.07. The second-order valence-electron chi connectivity index (χ2n) is 3.78. The standard InChI is InChI=1S/C10H10ClN3S2/c11-10-13-12-9(16-10)6-14-3-1-8-7(5-14)2-4-15-8/h2,4H,1,3,5-6H2. The van der Waals surface area contributed by atoms with Gasteiger partial charge in [-0.1, -0.05) is 11.3 Å². The van der Waals surface area contributed by atoms with Gasteiger partial charge < -0.3 is 0 Å². The molecule has 1 aliphatic heterocycles. The van der Waals surface area contributed by atoms with Crippen LogP contribution in [0.15, 0.2) is 11.4 Å². The zero-order valence-corrected chi connectivity index (χ0v) is 10.9. The van der Waals surface area contributed by atoms with Crippen molar-refractivity contribution in [1.29, 1.82) is 0 Å². The van der Waals surface area contributed by atoms with E-state index >= 15 is 0 Å². The van der Waals surface area contributed by atoms with Gasteiger partial charge in [0, 0.05) is 18.0 Å². The summed E-state index contributed by atoms with van der Waals surface area (Å²) in [5.74, 6) is 0. The van der Waals surface area contributed by atoms with E-state index in [0.29, 0.717) is 4.47 Å². The molecule has 0 aliphatic carbocycles. The van der Waals surface area contributed by atoms with Crippen LogP contribution in [-0.2, 0) is 19.5 Å². The summed E-state index contributed by atoms with van der Waals surface area (Å²) in [7, 11) is 0. The third kappa shape index (κ3) is 2.13. The van der Waals surface area contributed by atoms with Crippen LogP contribution in [-0.4, -0.2) is 21.6 Å². The van der Waals surface area contributed by atoms with Crippen LogP contribution in [0, 0.1) is 0 Å². The molecule has 2 aromatic heterocycles.